The normalized spacial score (nSPS) is 32.0. The first kappa shape index (κ1) is 7.59. The van der Waals surface area contributed by atoms with Gasteiger partial charge in [-0.15, -0.1) is 6.42 Å². The predicted molar refractivity (Wildman–Crippen MR) is 38.6 cm³/mol. The summed E-state index contributed by atoms with van der Waals surface area (Å²) in [5, 5.41) is 0. The smallest absolute Gasteiger partial charge is 0.153 e. The molecule has 0 amide bonds. The molecule has 0 aromatic heterocycles. The lowest BCUT2D eigenvalue weighted by Gasteiger charge is -2.19. The highest BCUT2D eigenvalue weighted by Crippen LogP contribution is 2.21. The maximum Gasteiger partial charge on any atom is 0.153 e. The summed E-state index contributed by atoms with van der Waals surface area (Å²) in [5.74, 6) is 2.63. The second kappa shape index (κ2) is 3.05. The number of terminal acetylenes is 1. The highest BCUT2D eigenvalue weighted by atomic mass is 16.6. The van der Waals surface area contributed by atoms with E-state index in [0.29, 0.717) is 13.2 Å². The largest absolute Gasteiger partial charge is 0.377 e. The predicted octanol–water partition coefficient (Wildman–Crippen LogP) is 0.815. The molecular formula is C8H12O2. The van der Waals surface area contributed by atoms with E-state index in [4.69, 9.17) is 15.9 Å². The third-order valence-electron chi connectivity index (χ3n) is 1.67. The molecule has 0 N–H and O–H groups in total. The van der Waals surface area contributed by atoms with Gasteiger partial charge >= 0.3 is 0 Å². The molecule has 0 aromatic rings. The van der Waals surface area contributed by atoms with Gasteiger partial charge in [-0.3, -0.25) is 0 Å². The average Bonchev–Trinajstić information content (AvgIpc) is 2.39. The minimum absolute atomic E-state index is 0.408. The van der Waals surface area contributed by atoms with Gasteiger partial charge in [0.1, 0.15) is 0 Å². The molecule has 2 nitrogen and oxygen atoms in total. The Morgan fingerprint density at radius 1 is 1.80 bits per heavy atom. The number of hydrogen-bond acceptors (Lipinski definition) is 2. The van der Waals surface area contributed by atoms with Gasteiger partial charge in [-0.2, -0.15) is 0 Å². The van der Waals surface area contributed by atoms with Crippen LogP contribution in [0.1, 0.15) is 13.3 Å². The van der Waals surface area contributed by atoms with E-state index in [1.165, 1.54) is 0 Å². The average molecular weight is 140 g/mol. The van der Waals surface area contributed by atoms with Crippen molar-refractivity contribution in [2.24, 2.45) is 0 Å². The van der Waals surface area contributed by atoms with Gasteiger partial charge in [-0.1, -0.05) is 5.92 Å². The van der Waals surface area contributed by atoms with Gasteiger partial charge in [0.25, 0.3) is 0 Å². The van der Waals surface area contributed by atoms with E-state index in [1.54, 1.807) is 0 Å². The summed E-state index contributed by atoms with van der Waals surface area (Å²) in [7, 11) is 0. The van der Waals surface area contributed by atoms with Gasteiger partial charge in [-0.05, 0) is 6.92 Å². The molecule has 1 rings (SSSR count). The van der Waals surface area contributed by atoms with Crippen LogP contribution in [0.5, 0.6) is 0 Å². The van der Waals surface area contributed by atoms with E-state index in [-0.39, 0.29) is 0 Å². The lowest BCUT2D eigenvalue weighted by Crippen LogP contribution is -2.30. The summed E-state index contributed by atoms with van der Waals surface area (Å²) in [6.45, 7) is 3.88. The Kier molecular flexibility index (Phi) is 2.31. The first-order valence-electron chi connectivity index (χ1n) is 3.52. The van der Waals surface area contributed by atoms with Crippen LogP contribution in [0.4, 0.5) is 0 Å². The Balaban J connectivity index is 2.51. The maximum absolute atomic E-state index is 5.38. The third-order valence-corrected chi connectivity index (χ3v) is 1.67. The Morgan fingerprint density at radius 2 is 2.60 bits per heavy atom. The van der Waals surface area contributed by atoms with E-state index in [1.807, 2.05) is 6.92 Å². The fraction of sp³-hybridized carbons (Fsp3) is 0.750. The van der Waals surface area contributed by atoms with Crippen LogP contribution in [0.25, 0.3) is 0 Å². The Labute approximate surface area is 61.5 Å². The SMILES string of the molecule is C#CC1(OCC)CCOC1. The highest BCUT2D eigenvalue weighted by Gasteiger charge is 2.33. The molecule has 1 aliphatic heterocycles. The van der Waals surface area contributed by atoms with Crippen LogP contribution in [0.3, 0.4) is 0 Å². The highest BCUT2D eigenvalue weighted by molar-refractivity contribution is 5.10. The lowest BCUT2D eigenvalue weighted by molar-refractivity contribution is 0.000170. The van der Waals surface area contributed by atoms with E-state index in [9.17, 15) is 0 Å². The van der Waals surface area contributed by atoms with Gasteiger partial charge in [0.05, 0.1) is 13.2 Å². The Bertz CT molecular complexity index is 140. The molecule has 1 heterocycles. The lowest BCUT2D eigenvalue weighted by atomic mass is 10.1. The fourth-order valence-electron chi connectivity index (χ4n) is 1.09. The molecule has 2 heteroatoms. The van der Waals surface area contributed by atoms with Crippen molar-refractivity contribution in [3.8, 4) is 12.3 Å². The van der Waals surface area contributed by atoms with Crippen LogP contribution in [-0.4, -0.2) is 25.4 Å². The molecule has 1 fully saturated rings. The van der Waals surface area contributed by atoms with Crippen LogP contribution < -0.4 is 0 Å². The van der Waals surface area contributed by atoms with Crippen molar-refractivity contribution in [3.05, 3.63) is 0 Å². The third kappa shape index (κ3) is 1.31. The molecule has 0 aliphatic carbocycles. The van der Waals surface area contributed by atoms with Crippen molar-refractivity contribution in [2.45, 2.75) is 18.9 Å². The minimum Gasteiger partial charge on any atom is -0.377 e. The molecule has 1 aliphatic rings. The molecule has 10 heavy (non-hydrogen) atoms. The molecule has 0 spiro atoms. The molecule has 0 aromatic carbocycles. The monoisotopic (exact) mass is 140 g/mol. The molecule has 0 saturated carbocycles. The Hall–Kier alpha value is -0.520. The molecular weight excluding hydrogens is 128 g/mol. The van der Waals surface area contributed by atoms with Crippen LogP contribution in [0.2, 0.25) is 0 Å². The van der Waals surface area contributed by atoms with Gasteiger partial charge in [-0.25, -0.2) is 0 Å². The fourth-order valence-corrected chi connectivity index (χ4v) is 1.09. The minimum atomic E-state index is -0.408. The molecule has 0 radical (unpaired) electrons. The van der Waals surface area contributed by atoms with Crippen LogP contribution in [-0.2, 0) is 9.47 Å². The number of hydrogen-bond donors (Lipinski definition) is 0. The van der Waals surface area contributed by atoms with E-state index in [0.717, 1.165) is 13.0 Å². The summed E-state index contributed by atoms with van der Waals surface area (Å²) in [4.78, 5) is 0. The van der Waals surface area contributed by atoms with Crippen molar-refractivity contribution in [2.75, 3.05) is 19.8 Å². The Morgan fingerprint density at radius 3 is 3.00 bits per heavy atom. The first-order chi connectivity index (χ1) is 4.83. The standard InChI is InChI=1S/C8H12O2/c1-3-8(10-4-2)5-6-9-7-8/h1H,4-7H2,2H3. The topological polar surface area (TPSA) is 18.5 Å². The molecule has 1 atom stereocenters. The number of rotatable bonds is 2. The zero-order valence-corrected chi connectivity index (χ0v) is 6.22. The van der Waals surface area contributed by atoms with Gasteiger partial charge in [0, 0.05) is 13.0 Å². The first-order valence-corrected chi connectivity index (χ1v) is 3.52. The van der Waals surface area contributed by atoms with Crippen LogP contribution >= 0.6 is 0 Å². The van der Waals surface area contributed by atoms with Gasteiger partial charge in [0.15, 0.2) is 5.60 Å². The van der Waals surface area contributed by atoms with Crippen LogP contribution in [0, 0.1) is 12.3 Å². The summed E-state index contributed by atoms with van der Waals surface area (Å²) in [6.07, 6.45) is 6.13. The quantitative estimate of drug-likeness (QED) is 0.528. The van der Waals surface area contributed by atoms with Crippen molar-refractivity contribution >= 4 is 0 Å². The van der Waals surface area contributed by atoms with E-state index < -0.39 is 5.60 Å². The van der Waals surface area contributed by atoms with Crippen molar-refractivity contribution in [3.63, 3.8) is 0 Å². The summed E-state index contributed by atoms with van der Waals surface area (Å²) in [6, 6.07) is 0. The summed E-state index contributed by atoms with van der Waals surface area (Å²) < 4.78 is 10.5. The zero-order valence-electron chi connectivity index (χ0n) is 6.22. The molecule has 0 bridgehead atoms. The van der Waals surface area contributed by atoms with E-state index >= 15 is 0 Å². The van der Waals surface area contributed by atoms with Gasteiger partial charge < -0.3 is 9.47 Å². The molecule has 1 saturated heterocycles. The van der Waals surface area contributed by atoms with Crippen molar-refractivity contribution < 1.29 is 9.47 Å². The maximum atomic E-state index is 5.38. The van der Waals surface area contributed by atoms with Crippen molar-refractivity contribution in [1.82, 2.24) is 0 Å². The second-order valence-corrected chi connectivity index (χ2v) is 2.37. The molecule has 1 unspecified atom stereocenters. The van der Waals surface area contributed by atoms with Crippen LogP contribution in [0.15, 0.2) is 0 Å². The molecule has 56 valence electrons. The van der Waals surface area contributed by atoms with Crippen molar-refractivity contribution in [1.29, 1.82) is 0 Å². The van der Waals surface area contributed by atoms with E-state index in [2.05, 4.69) is 5.92 Å². The number of ether oxygens (including phenoxy) is 2. The second-order valence-electron chi connectivity index (χ2n) is 2.37. The summed E-state index contributed by atoms with van der Waals surface area (Å²) >= 11 is 0. The zero-order chi connectivity index (χ0) is 7.45. The summed E-state index contributed by atoms with van der Waals surface area (Å²) in [5.41, 5.74) is -0.408. The van der Waals surface area contributed by atoms with Gasteiger partial charge in [0.2, 0.25) is 0 Å².